The fourth-order valence-electron chi connectivity index (χ4n) is 2.13. The van der Waals surface area contributed by atoms with E-state index in [1.165, 1.54) is 0 Å². The average Bonchev–Trinajstić information content (AvgIpc) is 2.63. The highest BCUT2D eigenvalue weighted by Crippen LogP contribution is 2.30. The van der Waals surface area contributed by atoms with Crippen LogP contribution in [0, 0.1) is 0 Å². The van der Waals surface area contributed by atoms with E-state index >= 15 is 0 Å². The van der Waals surface area contributed by atoms with Crippen LogP contribution in [-0.4, -0.2) is 37.4 Å². The SMILES string of the molecule is CN(C)c1ccc2c(c1)CN1CC(=O)NC1=N2.Cl.Cl. The van der Waals surface area contributed by atoms with E-state index in [0.717, 1.165) is 23.5 Å². The van der Waals surface area contributed by atoms with Gasteiger partial charge < -0.3 is 9.80 Å². The average molecular weight is 303 g/mol. The summed E-state index contributed by atoms with van der Waals surface area (Å²) in [7, 11) is 4.03. The number of hydrogen-bond donors (Lipinski definition) is 1. The summed E-state index contributed by atoms with van der Waals surface area (Å²) in [6.07, 6.45) is 0. The number of benzene rings is 1. The van der Waals surface area contributed by atoms with E-state index in [1.807, 2.05) is 31.1 Å². The van der Waals surface area contributed by atoms with Crippen LogP contribution in [0.2, 0.25) is 0 Å². The molecule has 1 aromatic rings. The lowest BCUT2D eigenvalue weighted by Crippen LogP contribution is -2.32. The second kappa shape index (κ2) is 5.67. The van der Waals surface area contributed by atoms with Crippen LogP contribution in [0.5, 0.6) is 0 Å². The number of fused-ring (bicyclic) bond motifs is 2. The molecular weight excluding hydrogens is 287 g/mol. The van der Waals surface area contributed by atoms with E-state index in [-0.39, 0.29) is 30.7 Å². The molecule has 0 saturated carbocycles. The minimum absolute atomic E-state index is 0. The highest BCUT2D eigenvalue weighted by Gasteiger charge is 2.28. The molecule has 2 heterocycles. The molecule has 2 aliphatic rings. The number of carbonyl (C=O) groups is 1. The molecule has 0 spiro atoms. The van der Waals surface area contributed by atoms with Crippen LogP contribution in [0.4, 0.5) is 11.4 Å². The van der Waals surface area contributed by atoms with E-state index in [9.17, 15) is 4.79 Å². The molecule has 0 aliphatic carbocycles. The standard InChI is InChI=1S/C12H14N4O.2ClH/c1-15(2)9-3-4-10-8(5-9)6-16-7-11(17)14-12(16)13-10;;/h3-5H,6-7H2,1-2H3,(H,13,14,17);2*1H. The first-order valence-electron chi connectivity index (χ1n) is 5.57. The number of aliphatic imine (C=N–C) groups is 1. The number of nitrogens with one attached hydrogen (secondary N) is 1. The number of rotatable bonds is 1. The van der Waals surface area contributed by atoms with Crippen LogP contribution in [0.15, 0.2) is 23.2 Å². The van der Waals surface area contributed by atoms with Gasteiger partial charge in [0.1, 0.15) is 6.54 Å². The van der Waals surface area contributed by atoms with Crippen molar-refractivity contribution >= 4 is 48.1 Å². The van der Waals surface area contributed by atoms with Gasteiger partial charge in [-0.1, -0.05) is 0 Å². The molecule has 0 radical (unpaired) electrons. The molecule has 0 atom stereocenters. The number of carbonyl (C=O) groups excluding carboxylic acids is 1. The predicted molar refractivity (Wildman–Crippen MR) is 80.9 cm³/mol. The molecule has 1 amide bonds. The van der Waals surface area contributed by atoms with Gasteiger partial charge in [-0.2, -0.15) is 0 Å². The highest BCUT2D eigenvalue weighted by molar-refractivity contribution is 6.05. The van der Waals surface area contributed by atoms with Crippen molar-refractivity contribution in [3.8, 4) is 0 Å². The summed E-state index contributed by atoms with van der Waals surface area (Å²) in [6.45, 7) is 1.15. The van der Waals surface area contributed by atoms with Gasteiger partial charge >= 0.3 is 0 Å². The molecule has 7 heteroatoms. The van der Waals surface area contributed by atoms with Gasteiger partial charge in [0.2, 0.25) is 11.9 Å². The molecule has 1 saturated heterocycles. The zero-order chi connectivity index (χ0) is 12.0. The van der Waals surface area contributed by atoms with E-state index < -0.39 is 0 Å². The van der Waals surface area contributed by atoms with E-state index in [4.69, 9.17) is 0 Å². The first-order valence-corrected chi connectivity index (χ1v) is 5.57. The van der Waals surface area contributed by atoms with Gasteiger partial charge in [-0.3, -0.25) is 10.1 Å². The summed E-state index contributed by atoms with van der Waals surface area (Å²) in [4.78, 5) is 19.8. The lowest BCUT2D eigenvalue weighted by Gasteiger charge is -2.24. The smallest absolute Gasteiger partial charge is 0.246 e. The van der Waals surface area contributed by atoms with Crippen molar-refractivity contribution in [2.45, 2.75) is 6.54 Å². The summed E-state index contributed by atoms with van der Waals surface area (Å²) in [6, 6.07) is 6.16. The third-order valence-electron chi connectivity index (χ3n) is 3.05. The zero-order valence-corrected chi connectivity index (χ0v) is 12.3. The van der Waals surface area contributed by atoms with Crippen LogP contribution in [0.3, 0.4) is 0 Å². The summed E-state index contributed by atoms with van der Waals surface area (Å²) in [5.41, 5.74) is 3.27. The molecule has 1 aromatic carbocycles. The molecule has 1 fully saturated rings. The van der Waals surface area contributed by atoms with Crippen LogP contribution < -0.4 is 10.2 Å². The van der Waals surface area contributed by atoms with Crippen LogP contribution in [-0.2, 0) is 11.3 Å². The number of guanidine groups is 1. The topological polar surface area (TPSA) is 47.9 Å². The van der Waals surface area contributed by atoms with Gasteiger partial charge in [0.15, 0.2) is 0 Å². The number of nitrogens with zero attached hydrogens (tertiary/aromatic N) is 3. The van der Waals surface area contributed by atoms with Crippen LogP contribution in [0.1, 0.15) is 5.56 Å². The Hall–Kier alpha value is -1.46. The van der Waals surface area contributed by atoms with Crippen molar-refractivity contribution in [3.63, 3.8) is 0 Å². The Morgan fingerprint density at radius 2 is 2.00 bits per heavy atom. The van der Waals surface area contributed by atoms with Crippen molar-refractivity contribution in [1.82, 2.24) is 10.2 Å². The summed E-state index contributed by atoms with van der Waals surface area (Å²) >= 11 is 0. The lowest BCUT2D eigenvalue weighted by atomic mass is 10.1. The van der Waals surface area contributed by atoms with Gasteiger partial charge in [-0.25, -0.2) is 4.99 Å². The van der Waals surface area contributed by atoms with Gasteiger partial charge in [-0.15, -0.1) is 24.8 Å². The first kappa shape index (κ1) is 15.6. The summed E-state index contributed by atoms with van der Waals surface area (Å²) < 4.78 is 0. The van der Waals surface area contributed by atoms with Gasteiger partial charge in [0.25, 0.3) is 0 Å². The number of anilines is 1. The maximum atomic E-state index is 11.3. The molecule has 0 bridgehead atoms. The third kappa shape index (κ3) is 2.77. The Kier molecular flexibility index (Phi) is 4.66. The fourth-order valence-corrected chi connectivity index (χ4v) is 2.13. The lowest BCUT2D eigenvalue weighted by molar-refractivity contribution is -0.118. The van der Waals surface area contributed by atoms with Crippen molar-refractivity contribution in [3.05, 3.63) is 23.8 Å². The van der Waals surface area contributed by atoms with Crippen molar-refractivity contribution in [2.75, 3.05) is 25.5 Å². The predicted octanol–water partition coefficient (Wildman–Crippen LogP) is 1.53. The van der Waals surface area contributed by atoms with Crippen LogP contribution >= 0.6 is 24.8 Å². The van der Waals surface area contributed by atoms with Crippen molar-refractivity contribution in [2.24, 2.45) is 4.99 Å². The van der Waals surface area contributed by atoms with E-state index in [0.29, 0.717) is 12.5 Å². The third-order valence-corrected chi connectivity index (χ3v) is 3.05. The van der Waals surface area contributed by atoms with Crippen LogP contribution in [0.25, 0.3) is 0 Å². The summed E-state index contributed by atoms with van der Waals surface area (Å²) in [5, 5.41) is 2.76. The van der Waals surface area contributed by atoms with E-state index in [2.05, 4.69) is 21.3 Å². The normalized spacial score (nSPS) is 15.4. The summed E-state index contributed by atoms with van der Waals surface area (Å²) in [5.74, 6) is 0.699. The number of hydrogen-bond acceptors (Lipinski definition) is 4. The number of amides is 1. The molecule has 0 unspecified atom stereocenters. The first-order chi connectivity index (χ1) is 8.13. The molecule has 0 aromatic heterocycles. The molecule has 3 rings (SSSR count). The Labute approximate surface area is 124 Å². The Morgan fingerprint density at radius 3 is 2.68 bits per heavy atom. The number of halogens is 2. The second-order valence-electron chi connectivity index (χ2n) is 4.55. The molecular formula is C12H16Cl2N4O. The molecule has 2 aliphatic heterocycles. The minimum atomic E-state index is 0. The maximum absolute atomic E-state index is 11.3. The second-order valence-corrected chi connectivity index (χ2v) is 4.55. The molecule has 5 nitrogen and oxygen atoms in total. The largest absolute Gasteiger partial charge is 0.378 e. The van der Waals surface area contributed by atoms with Crippen molar-refractivity contribution in [1.29, 1.82) is 0 Å². The Bertz CT molecular complexity index is 530. The van der Waals surface area contributed by atoms with E-state index in [1.54, 1.807) is 0 Å². The Morgan fingerprint density at radius 1 is 1.26 bits per heavy atom. The monoisotopic (exact) mass is 302 g/mol. The van der Waals surface area contributed by atoms with Gasteiger partial charge in [0.05, 0.1) is 5.69 Å². The molecule has 1 N–H and O–H groups in total. The highest BCUT2D eigenvalue weighted by atomic mass is 35.5. The maximum Gasteiger partial charge on any atom is 0.246 e. The molecule has 19 heavy (non-hydrogen) atoms. The van der Waals surface area contributed by atoms with Gasteiger partial charge in [0, 0.05) is 26.3 Å². The van der Waals surface area contributed by atoms with Crippen molar-refractivity contribution < 1.29 is 4.79 Å². The fraction of sp³-hybridized carbons (Fsp3) is 0.333. The Balaban J connectivity index is 0.000000902. The molecule has 104 valence electrons. The minimum Gasteiger partial charge on any atom is -0.378 e. The quantitative estimate of drug-likeness (QED) is 0.856. The zero-order valence-electron chi connectivity index (χ0n) is 10.7. The van der Waals surface area contributed by atoms with Gasteiger partial charge in [-0.05, 0) is 23.8 Å².